The number of anilines is 1. The monoisotopic (exact) mass is 416 g/mol. The van der Waals surface area contributed by atoms with Crippen molar-refractivity contribution in [2.75, 3.05) is 44.2 Å². The summed E-state index contributed by atoms with van der Waals surface area (Å²) in [6, 6.07) is 10.1. The second kappa shape index (κ2) is 8.90. The highest BCUT2D eigenvalue weighted by Gasteiger charge is 2.26. The van der Waals surface area contributed by atoms with Gasteiger partial charge in [0.2, 0.25) is 5.78 Å². The van der Waals surface area contributed by atoms with Crippen molar-refractivity contribution in [1.29, 1.82) is 0 Å². The van der Waals surface area contributed by atoms with Crippen LogP contribution in [-0.2, 0) is 11.3 Å². The fourth-order valence-electron chi connectivity index (χ4n) is 4.61. The Morgan fingerprint density at radius 2 is 2.03 bits per heavy atom. The molecule has 0 amide bonds. The molecule has 1 aromatic heterocycles. The Hall–Kier alpha value is -1.82. The lowest BCUT2D eigenvalue weighted by Gasteiger charge is -2.33. The lowest BCUT2D eigenvalue weighted by atomic mass is 10.1. The van der Waals surface area contributed by atoms with E-state index in [1.165, 1.54) is 10.6 Å². The van der Waals surface area contributed by atoms with Gasteiger partial charge in [-0.1, -0.05) is 17.7 Å². The number of Topliss-reactive ketones (excluding diaryl/α,β-unsaturated/α-hetero) is 1. The molecule has 0 saturated carbocycles. The third kappa shape index (κ3) is 4.68. The first kappa shape index (κ1) is 20.5. The number of hydrogen-bond acceptors (Lipinski definition) is 3. The minimum Gasteiger partial charge on any atom is -0.376 e. The van der Waals surface area contributed by atoms with Gasteiger partial charge in [-0.05, 0) is 51.0 Å². The first-order chi connectivity index (χ1) is 14.0. The van der Waals surface area contributed by atoms with Gasteiger partial charge in [0, 0.05) is 40.8 Å². The predicted octanol–water partition coefficient (Wildman–Crippen LogP) is 2.53. The molecule has 1 aromatic carbocycles. The molecule has 2 aliphatic heterocycles. The summed E-state index contributed by atoms with van der Waals surface area (Å²) in [5.74, 6) is 0.253. The third-order valence-electron chi connectivity index (χ3n) is 6.34. The van der Waals surface area contributed by atoms with Gasteiger partial charge >= 0.3 is 0 Å². The molecule has 1 N–H and O–H groups in total. The Kier molecular flexibility index (Phi) is 6.28. The van der Waals surface area contributed by atoms with E-state index in [-0.39, 0.29) is 11.9 Å². The smallest absolute Gasteiger partial charge is 0.218 e. The van der Waals surface area contributed by atoms with Crippen molar-refractivity contribution in [3.63, 3.8) is 0 Å². The quantitative estimate of drug-likeness (QED) is 0.735. The number of hydrogen-bond donors (Lipinski definition) is 1. The second-order valence-corrected chi connectivity index (χ2v) is 8.78. The molecule has 0 aliphatic carbocycles. The van der Waals surface area contributed by atoms with Gasteiger partial charge in [0.05, 0.1) is 32.3 Å². The maximum absolute atomic E-state index is 13.0. The number of carbonyl (C=O) groups is 1. The van der Waals surface area contributed by atoms with E-state index in [9.17, 15) is 4.79 Å². The van der Waals surface area contributed by atoms with Crippen LogP contribution in [0.3, 0.4) is 0 Å². The fraction of sp³-hybridized carbons (Fsp3) is 0.522. The van der Waals surface area contributed by atoms with Gasteiger partial charge in [0.25, 0.3) is 0 Å². The summed E-state index contributed by atoms with van der Waals surface area (Å²) in [6.07, 6.45) is 2.54. The van der Waals surface area contributed by atoms with Crippen LogP contribution in [0.15, 0.2) is 30.3 Å². The topological polar surface area (TPSA) is 38.9 Å². The molecule has 5 nitrogen and oxygen atoms in total. The van der Waals surface area contributed by atoms with Gasteiger partial charge in [0.1, 0.15) is 6.54 Å². The molecule has 0 radical (unpaired) electrons. The van der Waals surface area contributed by atoms with E-state index in [4.69, 9.17) is 16.3 Å². The van der Waals surface area contributed by atoms with Gasteiger partial charge in [-0.2, -0.15) is 0 Å². The average molecular weight is 417 g/mol. The number of ketones is 1. The SMILES string of the molecule is Cc1cc(C(=O)C[NH+]2CCN(c3cccc(Cl)c3)CC2)c(C)n1C[C@@H]1CCCO1. The van der Waals surface area contributed by atoms with E-state index in [2.05, 4.69) is 35.4 Å². The average Bonchev–Trinajstić information content (AvgIpc) is 3.32. The highest BCUT2D eigenvalue weighted by atomic mass is 35.5. The summed E-state index contributed by atoms with van der Waals surface area (Å²) >= 11 is 6.13. The van der Waals surface area contributed by atoms with Crippen LogP contribution in [0.2, 0.25) is 5.02 Å². The molecule has 29 heavy (non-hydrogen) atoms. The number of nitrogens with zero attached hydrogens (tertiary/aromatic N) is 2. The van der Waals surface area contributed by atoms with Crippen molar-refractivity contribution in [3.05, 3.63) is 52.3 Å². The summed E-state index contributed by atoms with van der Waals surface area (Å²) < 4.78 is 8.05. The van der Waals surface area contributed by atoms with Crippen LogP contribution in [-0.4, -0.2) is 55.8 Å². The summed E-state index contributed by atoms with van der Waals surface area (Å²) in [7, 11) is 0. The Labute approximate surface area is 178 Å². The van der Waals surface area contributed by atoms with Crippen molar-refractivity contribution in [1.82, 2.24) is 4.57 Å². The molecule has 0 bridgehead atoms. The zero-order chi connectivity index (χ0) is 20.4. The maximum Gasteiger partial charge on any atom is 0.218 e. The number of benzene rings is 1. The van der Waals surface area contributed by atoms with Gasteiger partial charge < -0.3 is 19.1 Å². The van der Waals surface area contributed by atoms with E-state index in [0.717, 1.165) is 74.1 Å². The molecule has 2 aromatic rings. The minimum absolute atomic E-state index is 0.253. The van der Waals surface area contributed by atoms with Crippen LogP contribution >= 0.6 is 11.6 Å². The second-order valence-electron chi connectivity index (χ2n) is 8.35. The molecule has 2 saturated heterocycles. The molecule has 4 rings (SSSR count). The largest absolute Gasteiger partial charge is 0.376 e. The zero-order valence-corrected chi connectivity index (χ0v) is 18.2. The number of carbonyl (C=O) groups excluding carboxylic acids is 1. The number of nitrogens with one attached hydrogen (secondary N) is 1. The van der Waals surface area contributed by atoms with Crippen molar-refractivity contribution in [3.8, 4) is 0 Å². The normalized spacial score (nSPS) is 20.4. The van der Waals surface area contributed by atoms with Crippen molar-refractivity contribution >= 4 is 23.1 Å². The standard InChI is InChI=1S/C23H30ClN3O2/c1-17-13-22(18(2)27(17)15-21-7-4-12-29-21)23(28)16-25-8-10-26(11-9-25)20-6-3-5-19(24)14-20/h3,5-6,13-14,21H,4,7-12,15-16H2,1-2H3/p+1/t21-/m0/s1. The molecule has 0 unspecified atom stereocenters. The van der Waals surface area contributed by atoms with Gasteiger partial charge in [-0.15, -0.1) is 0 Å². The lowest BCUT2D eigenvalue weighted by Crippen LogP contribution is -3.15. The highest BCUT2D eigenvalue weighted by Crippen LogP contribution is 2.21. The third-order valence-corrected chi connectivity index (χ3v) is 6.57. The Balaban J connectivity index is 1.35. The Morgan fingerprint density at radius 1 is 1.24 bits per heavy atom. The number of aryl methyl sites for hydroxylation is 1. The molecule has 2 aliphatic rings. The minimum atomic E-state index is 0.253. The molecule has 1 atom stereocenters. The van der Waals surface area contributed by atoms with Crippen LogP contribution in [0.1, 0.15) is 34.6 Å². The van der Waals surface area contributed by atoms with Gasteiger partial charge in [-0.25, -0.2) is 0 Å². The van der Waals surface area contributed by atoms with Crippen molar-refractivity contribution in [2.24, 2.45) is 0 Å². The maximum atomic E-state index is 13.0. The number of piperazine rings is 1. The molecule has 2 fully saturated rings. The number of ether oxygens (including phenoxy) is 1. The summed E-state index contributed by atoms with van der Waals surface area (Å²) in [5, 5.41) is 0.769. The fourth-order valence-corrected chi connectivity index (χ4v) is 4.79. The summed E-state index contributed by atoms with van der Waals surface area (Å²) in [4.78, 5) is 16.7. The zero-order valence-electron chi connectivity index (χ0n) is 17.4. The van der Waals surface area contributed by atoms with E-state index in [0.29, 0.717) is 6.54 Å². The molecule has 156 valence electrons. The molecular formula is C23H31ClN3O2+. The van der Waals surface area contributed by atoms with E-state index in [1.807, 2.05) is 18.2 Å². The summed E-state index contributed by atoms with van der Waals surface area (Å²) in [5.41, 5.74) is 4.29. The van der Waals surface area contributed by atoms with E-state index < -0.39 is 0 Å². The number of quaternary nitrogens is 1. The molecule has 0 spiro atoms. The van der Waals surface area contributed by atoms with Gasteiger partial charge in [0.15, 0.2) is 0 Å². The van der Waals surface area contributed by atoms with Crippen LogP contribution < -0.4 is 9.80 Å². The van der Waals surface area contributed by atoms with Gasteiger partial charge in [-0.3, -0.25) is 4.79 Å². The Morgan fingerprint density at radius 3 is 2.72 bits per heavy atom. The van der Waals surface area contributed by atoms with Crippen LogP contribution in [0, 0.1) is 13.8 Å². The van der Waals surface area contributed by atoms with Crippen LogP contribution in [0.5, 0.6) is 0 Å². The predicted molar refractivity (Wildman–Crippen MR) is 116 cm³/mol. The molecular weight excluding hydrogens is 386 g/mol. The highest BCUT2D eigenvalue weighted by molar-refractivity contribution is 6.30. The van der Waals surface area contributed by atoms with Crippen LogP contribution in [0.25, 0.3) is 0 Å². The molecule has 3 heterocycles. The van der Waals surface area contributed by atoms with E-state index in [1.54, 1.807) is 0 Å². The van der Waals surface area contributed by atoms with Crippen LogP contribution in [0.4, 0.5) is 5.69 Å². The van der Waals surface area contributed by atoms with Crippen molar-refractivity contribution < 1.29 is 14.4 Å². The first-order valence-corrected chi connectivity index (χ1v) is 11.0. The first-order valence-electron chi connectivity index (χ1n) is 10.7. The summed E-state index contributed by atoms with van der Waals surface area (Å²) in [6.45, 7) is 10.3. The lowest BCUT2D eigenvalue weighted by molar-refractivity contribution is -0.892. The number of halogens is 1. The molecule has 6 heteroatoms. The van der Waals surface area contributed by atoms with Crippen molar-refractivity contribution in [2.45, 2.75) is 39.3 Å². The number of rotatable bonds is 6. The van der Waals surface area contributed by atoms with E-state index >= 15 is 0 Å². The number of aromatic nitrogens is 1. The Bertz CT molecular complexity index is 865.